The zero-order valence-corrected chi connectivity index (χ0v) is 13.8. The van der Waals surface area contributed by atoms with Gasteiger partial charge in [0.25, 0.3) is 0 Å². The number of rotatable bonds is 6. The Balaban J connectivity index is 2.38. The standard InChI is InChI=1S/C16H17F4N4O/c1-4-21-14-10(16(18,19)20)8-22-15(24-14)23-12-7-5-6-11(17)13(12)25-9(2)3/h5,7-9H,4H2,1-3H3,(H2,21,22,23,24). The molecule has 0 unspecified atom stereocenters. The number of aromatic nitrogens is 2. The molecule has 0 aliphatic carbocycles. The molecule has 1 aromatic carbocycles. The number of benzene rings is 1. The second kappa shape index (κ2) is 7.54. The van der Waals surface area contributed by atoms with Crippen LogP contribution in [-0.2, 0) is 6.18 Å². The van der Waals surface area contributed by atoms with Gasteiger partial charge in [-0.2, -0.15) is 18.2 Å². The first-order valence-corrected chi connectivity index (χ1v) is 7.54. The highest BCUT2D eigenvalue weighted by molar-refractivity contribution is 5.64. The zero-order valence-electron chi connectivity index (χ0n) is 13.8. The summed E-state index contributed by atoms with van der Waals surface area (Å²) in [7, 11) is 0. The Bertz CT molecular complexity index is 735. The van der Waals surface area contributed by atoms with Gasteiger partial charge in [0.2, 0.25) is 5.95 Å². The van der Waals surface area contributed by atoms with Crippen LogP contribution in [0.4, 0.5) is 35.0 Å². The summed E-state index contributed by atoms with van der Waals surface area (Å²) in [5.41, 5.74) is -0.793. The summed E-state index contributed by atoms with van der Waals surface area (Å²) in [6.45, 7) is 5.32. The summed E-state index contributed by atoms with van der Waals surface area (Å²) in [6, 6.07) is 5.15. The van der Waals surface area contributed by atoms with Gasteiger partial charge in [-0.3, -0.25) is 0 Å². The van der Waals surface area contributed by atoms with Crippen LogP contribution < -0.4 is 15.4 Å². The maximum atomic E-state index is 13.9. The number of ether oxygens (including phenoxy) is 1. The number of alkyl halides is 3. The lowest BCUT2D eigenvalue weighted by molar-refractivity contribution is -0.137. The Morgan fingerprint density at radius 2 is 2.04 bits per heavy atom. The minimum Gasteiger partial charge on any atom is -0.486 e. The maximum absolute atomic E-state index is 13.9. The van der Waals surface area contributed by atoms with Crippen molar-refractivity contribution < 1.29 is 22.3 Å². The summed E-state index contributed by atoms with van der Waals surface area (Å²) in [4.78, 5) is 7.50. The molecule has 1 heterocycles. The van der Waals surface area contributed by atoms with Gasteiger partial charge < -0.3 is 15.4 Å². The molecule has 0 saturated carbocycles. The number of nitrogens with zero attached hydrogens (tertiary/aromatic N) is 2. The van der Waals surface area contributed by atoms with Crippen molar-refractivity contribution in [2.45, 2.75) is 33.1 Å². The molecule has 2 rings (SSSR count). The van der Waals surface area contributed by atoms with Gasteiger partial charge in [0.1, 0.15) is 11.4 Å². The van der Waals surface area contributed by atoms with Gasteiger partial charge in [0.05, 0.1) is 11.8 Å². The molecule has 0 aliphatic rings. The molecule has 0 saturated heterocycles. The molecule has 0 bridgehead atoms. The van der Waals surface area contributed by atoms with Crippen LogP contribution in [0.5, 0.6) is 5.75 Å². The van der Waals surface area contributed by atoms with Crippen LogP contribution >= 0.6 is 0 Å². The Hall–Kier alpha value is -2.58. The molecule has 0 amide bonds. The third kappa shape index (κ3) is 4.71. The fourth-order valence-electron chi connectivity index (χ4n) is 1.98. The third-order valence-electron chi connectivity index (χ3n) is 2.94. The highest BCUT2D eigenvalue weighted by Crippen LogP contribution is 2.35. The molecular formula is C16H17F4N4O. The topological polar surface area (TPSA) is 59.1 Å². The third-order valence-corrected chi connectivity index (χ3v) is 2.94. The van der Waals surface area contributed by atoms with E-state index >= 15 is 0 Å². The van der Waals surface area contributed by atoms with Crippen LogP contribution in [0.2, 0.25) is 0 Å². The van der Waals surface area contributed by atoms with Crippen LogP contribution in [0.1, 0.15) is 26.3 Å². The second-order valence-corrected chi connectivity index (χ2v) is 5.31. The van der Waals surface area contributed by atoms with E-state index in [1.807, 2.05) is 0 Å². The van der Waals surface area contributed by atoms with E-state index in [1.54, 1.807) is 20.8 Å². The Kier molecular flexibility index (Phi) is 5.66. The summed E-state index contributed by atoms with van der Waals surface area (Å²) < 4.78 is 58.2. The van der Waals surface area contributed by atoms with Crippen LogP contribution in [0.15, 0.2) is 18.3 Å². The minimum atomic E-state index is -4.59. The van der Waals surface area contributed by atoms with E-state index in [0.29, 0.717) is 6.20 Å². The van der Waals surface area contributed by atoms with E-state index in [4.69, 9.17) is 4.74 Å². The first-order chi connectivity index (χ1) is 11.7. The van der Waals surface area contributed by atoms with Gasteiger partial charge in [-0.1, -0.05) is 0 Å². The molecule has 2 N–H and O–H groups in total. The maximum Gasteiger partial charge on any atom is 0.421 e. The van der Waals surface area contributed by atoms with Crippen molar-refractivity contribution in [1.29, 1.82) is 0 Å². The lowest BCUT2D eigenvalue weighted by atomic mass is 10.2. The lowest BCUT2D eigenvalue weighted by Gasteiger charge is -2.17. The number of hydrogen-bond acceptors (Lipinski definition) is 5. The normalized spacial score (nSPS) is 11.5. The van der Waals surface area contributed by atoms with E-state index in [1.165, 1.54) is 12.1 Å². The molecule has 0 atom stereocenters. The molecular weight excluding hydrogens is 340 g/mol. The molecule has 25 heavy (non-hydrogen) atoms. The molecule has 9 heteroatoms. The predicted octanol–water partition coefficient (Wildman–Crippen LogP) is 4.40. The monoisotopic (exact) mass is 357 g/mol. The predicted molar refractivity (Wildman–Crippen MR) is 85.5 cm³/mol. The van der Waals surface area contributed by atoms with Gasteiger partial charge in [-0.05, 0) is 32.9 Å². The van der Waals surface area contributed by atoms with Crippen LogP contribution in [-0.4, -0.2) is 22.6 Å². The molecule has 135 valence electrons. The number of anilines is 3. The summed E-state index contributed by atoms with van der Waals surface area (Å²) >= 11 is 0. The van der Waals surface area contributed by atoms with Crippen LogP contribution in [0.3, 0.4) is 0 Å². The summed E-state index contributed by atoms with van der Waals surface area (Å²) in [6.07, 6.45) is -4.23. The van der Waals surface area contributed by atoms with Crippen molar-refractivity contribution >= 4 is 17.5 Å². The molecule has 1 aromatic heterocycles. The van der Waals surface area contributed by atoms with E-state index in [-0.39, 0.29) is 35.9 Å². The Morgan fingerprint density at radius 1 is 1.32 bits per heavy atom. The fraction of sp³-hybridized carbons (Fsp3) is 0.375. The van der Waals surface area contributed by atoms with Crippen molar-refractivity contribution in [1.82, 2.24) is 9.97 Å². The highest BCUT2D eigenvalue weighted by atomic mass is 19.4. The SMILES string of the molecule is CCNc1nc(Nc2cc[c]c(F)c2OC(C)C)ncc1C(F)(F)F. The van der Waals surface area contributed by atoms with Crippen molar-refractivity contribution in [3.05, 3.63) is 35.8 Å². The fourth-order valence-corrected chi connectivity index (χ4v) is 1.98. The van der Waals surface area contributed by atoms with Gasteiger partial charge >= 0.3 is 6.18 Å². The van der Waals surface area contributed by atoms with Gasteiger partial charge in [0, 0.05) is 18.8 Å². The summed E-state index contributed by atoms with van der Waals surface area (Å²) in [5, 5.41) is 5.23. The van der Waals surface area contributed by atoms with Crippen molar-refractivity contribution in [3.8, 4) is 5.75 Å². The Labute approximate surface area is 142 Å². The lowest BCUT2D eigenvalue weighted by Crippen LogP contribution is -2.14. The van der Waals surface area contributed by atoms with Crippen molar-refractivity contribution in [2.75, 3.05) is 17.2 Å². The molecule has 0 spiro atoms. The van der Waals surface area contributed by atoms with E-state index < -0.39 is 17.6 Å². The highest BCUT2D eigenvalue weighted by Gasteiger charge is 2.35. The number of nitrogens with one attached hydrogen (secondary N) is 2. The second-order valence-electron chi connectivity index (χ2n) is 5.31. The molecule has 2 aromatic rings. The van der Waals surface area contributed by atoms with Crippen molar-refractivity contribution in [3.63, 3.8) is 0 Å². The van der Waals surface area contributed by atoms with Crippen LogP contribution in [0, 0.1) is 11.9 Å². The number of hydrogen-bond donors (Lipinski definition) is 2. The average Bonchev–Trinajstić information content (AvgIpc) is 2.50. The van der Waals surface area contributed by atoms with Gasteiger partial charge in [-0.15, -0.1) is 0 Å². The van der Waals surface area contributed by atoms with E-state index in [9.17, 15) is 17.6 Å². The average molecular weight is 357 g/mol. The van der Waals surface area contributed by atoms with Crippen LogP contribution in [0.25, 0.3) is 0 Å². The zero-order chi connectivity index (χ0) is 18.6. The molecule has 1 radical (unpaired) electrons. The molecule has 5 nitrogen and oxygen atoms in total. The van der Waals surface area contributed by atoms with Gasteiger partial charge in [-0.25, -0.2) is 9.37 Å². The van der Waals surface area contributed by atoms with E-state index in [2.05, 4.69) is 26.7 Å². The van der Waals surface area contributed by atoms with Crippen molar-refractivity contribution in [2.24, 2.45) is 0 Å². The summed E-state index contributed by atoms with van der Waals surface area (Å²) in [5.74, 6) is -1.31. The first kappa shape index (κ1) is 18.8. The largest absolute Gasteiger partial charge is 0.486 e. The Morgan fingerprint density at radius 3 is 2.64 bits per heavy atom. The quantitative estimate of drug-likeness (QED) is 0.751. The smallest absolute Gasteiger partial charge is 0.421 e. The van der Waals surface area contributed by atoms with E-state index in [0.717, 1.165) is 0 Å². The van der Waals surface area contributed by atoms with Gasteiger partial charge in [0.15, 0.2) is 11.6 Å². The molecule has 0 aliphatic heterocycles. The number of halogens is 4. The molecule has 0 fully saturated rings. The first-order valence-electron chi connectivity index (χ1n) is 7.54. The minimum absolute atomic E-state index is 0.106.